The molecule has 0 amide bonds. The number of pyridine rings is 1. The summed E-state index contributed by atoms with van der Waals surface area (Å²) in [6.45, 7) is 2.04. The molecule has 1 aliphatic rings. The fourth-order valence-corrected chi connectivity index (χ4v) is 2.87. The number of aromatic nitrogens is 1. The Morgan fingerprint density at radius 3 is 3.22 bits per heavy atom. The van der Waals surface area contributed by atoms with Gasteiger partial charge in [-0.25, -0.2) is 0 Å². The molecule has 1 N–H and O–H groups in total. The number of fused-ring (bicyclic) bond motifs is 1. The Morgan fingerprint density at radius 2 is 2.39 bits per heavy atom. The summed E-state index contributed by atoms with van der Waals surface area (Å²) in [5, 5.41) is 10.6. The van der Waals surface area contributed by atoms with Crippen molar-refractivity contribution in [3.63, 3.8) is 0 Å². The first-order valence-corrected chi connectivity index (χ1v) is 6.49. The maximum absolute atomic E-state index is 10.6. The van der Waals surface area contributed by atoms with E-state index in [-0.39, 0.29) is 5.92 Å². The molecule has 3 heteroatoms. The highest BCUT2D eigenvalue weighted by molar-refractivity contribution is 5.33. The van der Waals surface area contributed by atoms with Crippen molar-refractivity contribution in [3.05, 3.63) is 53.2 Å². The third-order valence-corrected chi connectivity index (χ3v) is 3.80. The summed E-state index contributed by atoms with van der Waals surface area (Å²) in [7, 11) is 0. The second-order valence-corrected chi connectivity index (χ2v) is 4.79. The third kappa shape index (κ3) is 1.75. The van der Waals surface area contributed by atoms with E-state index < -0.39 is 6.10 Å². The Balaban J connectivity index is 1.93. The van der Waals surface area contributed by atoms with Gasteiger partial charge in [-0.15, -0.1) is 0 Å². The maximum Gasteiger partial charge on any atom is 0.109 e. The lowest BCUT2D eigenvalue weighted by molar-refractivity contribution is 0.141. The largest absolute Gasteiger partial charge is 0.469 e. The summed E-state index contributed by atoms with van der Waals surface area (Å²) in [6, 6.07) is 5.94. The van der Waals surface area contributed by atoms with Gasteiger partial charge in [-0.3, -0.25) is 4.98 Å². The van der Waals surface area contributed by atoms with Crippen LogP contribution in [0, 0.1) is 0 Å². The second kappa shape index (κ2) is 4.58. The first-order chi connectivity index (χ1) is 8.81. The highest BCUT2D eigenvalue weighted by Gasteiger charge is 2.32. The second-order valence-electron chi connectivity index (χ2n) is 4.79. The van der Waals surface area contributed by atoms with Gasteiger partial charge in [0.1, 0.15) is 5.76 Å². The lowest BCUT2D eigenvalue weighted by Gasteiger charge is -2.18. The summed E-state index contributed by atoms with van der Waals surface area (Å²) in [5.74, 6) is 0.982. The molecule has 0 aromatic carbocycles. The molecule has 2 aromatic rings. The molecule has 2 aromatic heterocycles. The number of hydrogen-bond donors (Lipinski definition) is 1. The van der Waals surface area contributed by atoms with Gasteiger partial charge in [0.15, 0.2) is 0 Å². The molecule has 94 valence electrons. The molecule has 3 rings (SSSR count). The normalized spacial score (nSPS) is 19.8. The summed E-state index contributed by atoms with van der Waals surface area (Å²) in [6.07, 6.45) is 5.73. The lowest BCUT2D eigenvalue weighted by atomic mass is 9.93. The number of furan rings is 1. The quantitative estimate of drug-likeness (QED) is 0.901. The molecule has 2 unspecified atom stereocenters. The average molecular weight is 243 g/mol. The van der Waals surface area contributed by atoms with Crippen molar-refractivity contribution in [2.45, 2.75) is 38.2 Å². The van der Waals surface area contributed by atoms with E-state index in [0.29, 0.717) is 0 Å². The Bertz CT molecular complexity index is 547. The Kier molecular flexibility index (Phi) is 2.92. The first-order valence-electron chi connectivity index (χ1n) is 6.49. The predicted octanol–water partition coefficient (Wildman–Crippen LogP) is 3.00. The topological polar surface area (TPSA) is 46.3 Å². The summed E-state index contributed by atoms with van der Waals surface area (Å²) in [5.41, 5.74) is 3.23. The Morgan fingerprint density at radius 1 is 1.50 bits per heavy atom. The molecule has 0 saturated heterocycles. The van der Waals surface area contributed by atoms with Crippen LogP contribution in [0.3, 0.4) is 0 Å². The highest BCUT2D eigenvalue weighted by atomic mass is 16.3. The van der Waals surface area contributed by atoms with Crippen LogP contribution in [-0.4, -0.2) is 10.1 Å². The van der Waals surface area contributed by atoms with Gasteiger partial charge in [0.05, 0.1) is 12.4 Å². The van der Waals surface area contributed by atoms with E-state index in [1.54, 1.807) is 12.5 Å². The van der Waals surface area contributed by atoms with Crippen LogP contribution in [0.1, 0.15) is 47.9 Å². The van der Waals surface area contributed by atoms with Gasteiger partial charge in [0.2, 0.25) is 0 Å². The predicted molar refractivity (Wildman–Crippen MR) is 68.3 cm³/mol. The molecule has 0 bridgehead atoms. The van der Waals surface area contributed by atoms with Crippen LogP contribution < -0.4 is 0 Å². The number of rotatable bonds is 3. The van der Waals surface area contributed by atoms with Crippen LogP contribution >= 0.6 is 0 Å². The van der Waals surface area contributed by atoms with Gasteiger partial charge in [-0.2, -0.15) is 0 Å². The van der Waals surface area contributed by atoms with E-state index >= 15 is 0 Å². The number of nitrogens with zero attached hydrogens (tertiary/aromatic N) is 1. The zero-order valence-corrected chi connectivity index (χ0v) is 10.5. The molecular formula is C15H17NO2. The van der Waals surface area contributed by atoms with Gasteiger partial charge in [-0.1, -0.05) is 13.0 Å². The number of aryl methyl sites for hydroxylation is 2. The van der Waals surface area contributed by atoms with Crippen molar-refractivity contribution in [3.8, 4) is 0 Å². The van der Waals surface area contributed by atoms with Crippen molar-refractivity contribution in [2.24, 2.45) is 0 Å². The van der Waals surface area contributed by atoms with Crippen LogP contribution in [-0.2, 0) is 12.8 Å². The summed E-state index contributed by atoms with van der Waals surface area (Å²) in [4.78, 5) is 4.44. The van der Waals surface area contributed by atoms with Crippen molar-refractivity contribution < 1.29 is 9.52 Å². The van der Waals surface area contributed by atoms with E-state index in [2.05, 4.69) is 11.1 Å². The number of aliphatic hydroxyl groups excluding tert-OH is 1. The van der Waals surface area contributed by atoms with Crippen LogP contribution in [0.15, 0.2) is 35.1 Å². The minimum atomic E-state index is -0.505. The fraction of sp³-hybridized carbons (Fsp3) is 0.400. The molecule has 2 atom stereocenters. The number of hydrogen-bond acceptors (Lipinski definition) is 3. The molecule has 3 nitrogen and oxygen atoms in total. The fourth-order valence-electron chi connectivity index (χ4n) is 2.87. The molecule has 0 radical (unpaired) electrons. The monoisotopic (exact) mass is 243 g/mol. The van der Waals surface area contributed by atoms with Gasteiger partial charge in [-0.05, 0) is 30.5 Å². The maximum atomic E-state index is 10.6. The number of aliphatic hydroxyl groups is 1. The smallest absolute Gasteiger partial charge is 0.109 e. The minimum Gasteiger partial charge on any atom is -0.469 e. The van der Waals surface area contributed by atoms with Crippen LogP contribution in [0.5, 0.6) is 0 Å². The van der Waals surface area contributed by atoms with Crippen molar-refractivity contribution in [2.75, 3.05) is 0 Å². The average Bonchev–Trinajstić information content (AvgIpc) is 3.04. The molecule has 0 fully saturated rings. The first kappa shape index (κ1) is 11.5. The van der Waals surface area contributed by atoms with E-state index in [1.165, 1.54) is 5.56 Å². The Labute approximate surface area is 106 Å². The molecule has 0 saturated carbocycles. The SMILES string of the molecule is CCc1occc1C(O)C1CCc2cccnc21. The van der Waals surface area contributed by atoms with E-state index in [1.807, 2.05) is 19.1 Å². The molecular weight excluding hydrogens is 226 g/mol. The molecule has 0 aliphatic heterocycles. The van der Waals surface area contributed by atoms with E-state index in [0.717, 1.165) is 36.3 Å². The standard InChI is InChI=1S/C15H17NO2/c1-2-13-11(7-9-18-13)15(17)12-6-5-10-4-3-8-16-14(10)12/h3-4,7-9,12,15,17H,2,5-6H2,1H3. The molecule has 18 heavy (non-hydrogen) atoms. The molecule has 1 aliphatic carbocycles. The van der Waals surface area contributed by atoms with Gasteiger partial charge < -0.3 is 9.52 Å². The van der Waals surface area contributed by atoms with Crippen molar-refractivity contribution in [1.82, 2.24) is 4.98 Å². The van der Waals surface area contributed by atoms with Gasteiger partial charge >= 0.3 is 0 Å². The summed E-state index contributed by atoms with van der Waals surface area (Å²) >= 11 is 0. The zero-order chi connectivity index (χ0) is 12.5. The minimum absolute atomic E-state index is 0.101. The summed E-state index contributed by atoms with van der Waals surface area (Å²) < 4.78 is 5.40. The van der Waals surface area contributed by atoms with E-state index in [4.69, 9.17) is 4.42 Å². The Hall–Kier alpha value is -1.61. The van der Waals surface area contributed by atoms with Crippen LogP contribution in [0.4, 0.5) is 0 Å². The van der Waals surface area contributed by atoms with E-state index in [9.17, 15) is 5.11 Å². The highest BCUT2D eigenvalue weighted by Crippen LogP contribution is 2.41. The van der Waals surface area contributed by atoms with Gasteiger partial charge in [0.25, 0.3) is 0 Å². The molecule has 0 spiro atoms. The van der Waals surface area contributed by atoms with Crippen LogP contribution in [0.2, 0.25) is 0 Å². The third-order valence-electron chi connectivity index (χ3n) is 3.80. The zero-order valence-electron chi connectivity index (χ0n) is 10.5. The van der Waals surface area contributed by atoms with Gasteiger partial charge in [0, 0.05) is 29.8 Å². The van der Waals surface area contributed by atoms with Crippen molar-refractivity contribution >= 4 is 0 Å². The van der Waals surface area contributed by atoms with Crippen molar-refractivity contribution in [1.29, 1.82) is 0 Å². The molecule has 2 heterocycles. The van der Waals surface area contributed by atoms with Crippen LogP contribution in [0.25, 0.3) is 0 Å². The lowest BCUT2D eigenvalue weighted by Crippen LogP contribution is -2.10.